The van der Waals surface area contributed by atoms with E-state index in [9.17, 15) is 4.79 Å². The van der Waals surface area contributed by atoms with Gasteiger partial charge in [0, 0.05) is 43.6 Å². The number of carbonyl (C=O) groups excluding carboxylic acids is 1. The summed E-state index contributed by atoms with van der Waals surface area (Å²) in [6, 6.07) is 9.20. The molecule has 1 aliphatic heterocycles. The van der Waals surface area contributed by atoms with Gasteiger partial charge in [-0.2, -0.15) is 0 Å². The maximum absolute atomic E-state index is 12.3. The lowest BCUT2D eigenvalue weighted by Crippen LogP contribution is -2.47. The van der Waals surface area contributed by atoms with E-state index in [1.165, 1.54) is 0 Å². The summed E-state index contributed by atoms with van der Waals surface area (Å²) < 4.78 is 10.9. The molecule has 7 heteroatoms. The summed E-state index contributed by atoms with van der Waals surface area (Å²) in [5.74, 6) is 0.493. The van der Waals surface area contributed by atoms with Crippen LogP contribution in [-0.4, -0.2) is 59.7 Å². The first-order valence-electron chi connectivity index (χ1n) is 8.37. The fourth-order valence-corrected chi connectivity index (χ4v) is 2.61. The van der Waals surface area contributed by atoms with Crippen molar-refractivity contribution in [3.05, 3.63) is 48.3 Å². The van der Waals surface area contributed by atoms with Gasteiger partial charge in [0.2, 0.25) is 0 Å². The molecule has 1 aromatic heterocycles. The number of hydrogen-bond acceptors (Lipinski definition) is 6. The predicted octanol–water partition coefficient (Wildman–Crippen LogP) is 1.72. The van der Waals surface area contributed by atoms with Crippen molar-refractivity contribution < 1.29 is 14.3 Å². The molecular formula is C18H22N4O3. The molecule has 1 aliphatic rings. The Kier molecular flexibility index (Phi) is 5.92. The Morgan fingerprint density at radius 2 is 1.92 bits per heavy atom. The van der Waals surface area contributed by atoms with Crippen LogP contribution in [0.1, 0.15) is 17.3 Å². The fourth-order valence-electron chi connectivity index (χ4n) is 2.61. The topological polar surface area (TPSA) is 76.6 Å². The molecule has 0 aliphatic carbocycles. The molecule has 3 rings (SSSR count). The first kappa shape index (κ1) is 17.3. The smallest absolute Gasteiger partial charge is 0.321 e. The Morgan fingerprint density at radius 1 is 1.24 bits per heavy atom. The third kappa shape index (κ3) is 4.98. The van der Waals surface area contributed by atoms with Gasteiger partial charge in [0.15, 0.2) is 0 Å². The molecule has 132 valence electrons. The van der Waals surface area contributed by atoms with Crippen LogP contribution in [0.15, 0.2) is 42.7 Å². The van der Waals surface area contributed by atoms with Crippen LogP contribution in [0.4, 0.5) is 0 Å². The van der Waals surface area contributed by atoms with E-state index in [4.69, 9.17) is 9.47 Å². The van der Waals surface area contributed by atoms with E-state index >= 15 is 0 Å². The molecule has 1 fully saturated rings. The Balaban J connectivity index is 1.50. The summed E-state index contributed by atoms with van der Waals surface area (Å²) in [5.41, 5.74) is 0.593. The van der Waals surface area contributed by atoms with Crippen LogP contribution in [0, 0.1) is 0 Å². The summed E-state index contributed by atoms with van der Waals surface area (Å²) in [4.78, 5) is 22.6. The molecule has 2 aromatic rings. The number of ether oxygens (including phenoxy) is 2. The van der Waals surface area contributed by atoms with Gasteiger partial charge in [-0.05, 0) is 37.3 Å². The molecule has 1 atom stereocenters. The summed E-state index contributed by atoms with van der Waals surface area (Å²) >= 11 is 0. The Hall–Kier alpha value is -2.51. The van der Waals surface area contributed by atoms with Crippen molar-refractivity contribution in [2.45, 2.75) is 13.0 Å². The highest BCUT2D eigenvalue weighted by atomic mass is 16.5. The number of nitrogens with zero attached hydrogens (tertiary/aromatic N) is 3. The lowest BCUT2D eigenvalue weighted by molar-refractivity contribution is 0.0204. The lowest BCUT2D eigenvalue weighted by Gasteiger charge is -2.32. The van der Waals surface area contributed by atoms with Gasteiger partial charge in [-0.25, -0.2) is 9.97 Å². The van der Waals surface area contributed by atoms with E-state index < -0.39 is 0 Å². The Bertz CT molecular complexity index is 672. The van der Waals surface area contributed by atoms with Gasteiger partial charge >= 0.3 is 6.01 Å². The lowest BCUT2D eigenvalue weighted by atomic mass is 10.2. The van der Waals surface area contributed by atoms with Gasteiger partial charge in [-0.3, -0.25) is 9.69 Å². The zero-order valence-electron chi connectivity index (χ0n) is 14.2. The van der Waals surface area contributed by atoms with Crippen molar-refractivity contribution in [1.29, 1.82) is 0 Å². The summed E-state index contributed by atoms with van der Waals surface area (Å²) in [6.45, 7) is 6.04. The summed E-state index contributed by atoms with van der Waals surface area (Å²) in [7, 11) is 0. The van der Waals surface area contributed by atoms with Crippen LogP contribution in [0.25, 0.3) is 0 Å². The molecule has 1 aromatic carbocycles. The van der Waals surface area contributed by atoms with Crippen molar-refractivity contribution in [2.24, 2.45) is 0 Å². The zero-order chi connectivity index (χ0) is 17.5. The first-order valence-corrected chi connectivity index (χ1v) is 8.37. The number of rotatable bonds is 6. The van der Waals surface area contributed by atoms with Crippen molar-refractivity contribution in [1.82, 2.24) is 20.2 Å². The summed E-state index contributed by atoms with van der Waals surface area (Å²) in [6.07, 6.45) is 3.22. The highest BCUT2D eigenvalue weighted by Gasteiger charge is 2.17. The van der Waals surface area contributed by atoms with E-state index in [1.54, 1.807) is 42.7 Å². The second-order valence-corrected chi connectivity index (χ2v) is 5.87. The van der Waals surface area contributed by atoms with Gasteiger partial charge in [0.25, 0.3) is 5.91 Å². The minimum absolute atomic E-state index is 0.0948. The summed E-state index contributed by atoms with van der Waals surface area (Å²) in [5, 5.41) is 2.98. The second-order valence-electron chi connectivity index (χ2n) is 5.87. The standard InChI is InChI=1S/C18H22N4O3/c1-14(22-9-11-24-12-10-22)13-21-17(23)15-3-5-16(6-4-15)25-18-19-7-2-8-20-18/h2-8,14H,9-13H2,1H3,(H,21,23)/t14-/m0/s1. The van der Waals surface area contributed by atoms with E-state index in [1.807, 2.05) is 0 Å². The molecule has 0 saturated carbocycles. The van der Waals surface area contributed by atoms with Gasteiger partial charge in [-0.1, -0.05) is 0 Å². The van der Waals surface area contributed by atoms with E-state index in [0.717, 1.165) is 26.3 Å². The molecule has 1 N–H and O–H groups in total. The largest absolute Gasteiger partial charge is 0.424 e. The Morgan fingerprint density at radius 3 is 2.60 bits per heavy atom. The van der Waals surface area contributed by atoms with Crippen LogP contribution >= 0.6 is 0 Å². The predicted molar refractivity (Wildman–Crippen MR) is 92.7 cm³/mol. The monoisotopic (exact) mass is 342 g/mol. The maximum Gasteiger partial charge on any atom is 0.321 e. The van der Waals surface area contributed by atoms with E-state index in [0.29, 0.717) is 17.9 Å². The van der Waals surface area contributed by atoms with Crippen LogP contribution in [0.5, 0.6) is 11.8 Å². The van der Waals surface area contributed by atoms with Gasteiger partial charge < -0.3 is 14.8 Å². The number of amides is 1. The number of nitrogens with one attached hydrogen (secondary N) is 1. The van der Waals surface area contributed by atoms with Crippen LogP contribution in [0.3, 0.4) is 0 Å². The van der Waals surface area contributed by atoms with Gasteiger partial charge in [-0.15, -0.1) is 0 Å². The Labute approximate surface area is 147 Å². The molecule has 7 nitrogen and oxygen atoms in total. The minimum Gasteiger partial charge on any atom is -0.424 e. The average Bonchev–Trinajstić information content (AvgIpc) is 2.68. The highest BCUT2D eigenvalue weighted by Crippen LogP contribution is 2.17. The van der Waals surface area contributed by atoms with Gasteiger partial charge in [0.1, 0.15) is 5.75 Å². The first-order chi connectivity index (χ1) is 12.2. The van der Waals surface area contributed by atoms with E-state index in [-0.39, 0.29) is 18.0 Å². The molecule has 2 heterocycles. The second kappa shape index (κ2) is 8.55. The van der Waals surface area contributed by atoms with Crippen LogP contribution in [0.2, 0.25) is 0 Å². The minimum atomic E-state index is -0.0948. The molecule has 1 amide bonds. The number of morpholine rings is 1. The third-order valence-corrected chi connectivity index (χ3v) is 4.09. The SMILES string of the molecule is C[C@@H](CNC(=O)c1ccc(Oc2ncccn2)cc1)N1CCOCC1. The quantitative estimate of drug-likeness (QED) is 0.861. The molecule has 0 bridgehead atoms. The van der Waals surface area contributed by atoms with Crippen LogP contribution < -0.4 is 10.1 Å². The number of carbonyl (C=O) groups is 1. The van der Waals surface area contributed by atoms with Crippen molar-refractivity contribution in [3.63, 3.8) is 0 Å². The fraction of sp³-hybridized carbons (Fsp3) is 0.389. The molecule has 0 radical (unpaired) electrons. The number of hydrogen-bond donors (Lipinski definition) is 1. The number of benzene rings is 1. The normalized spacial score (nSPS) is 16.2. The number of aromatic nitrogens is 2. The molecule has 0 spiro atoms. The maximum atomic E-state index is 12.3. The average molecular weight is 342 g/mol. The van der Waals surface area contributed by atoms with E-state index in [2.05, 4.69) is 27.1 Å². The van der Waals surface area contributed by atoms with Crippen LogP contribution in [-0.2, 0) is 4.74 Å². The highest BCUT2D eigenvalue weighted by molar-refractivity contribution is 5.94. The third-order valence-electron chi connectivity index (χ3n) is 4.09. The van der Waals surface area contributed by atoms with Crippen molar-refractivity contribution in [2.75, 3.05) is 32.8 Å². The molecule has 0 unspecified atom stereocenters. The molecule has 25 heavy (non-hydrogen) atoms. The van der Waals surface area contributed by atoms with Crippen molar-refractivity contribution in [3.8, 4) is 11.8 Å². The zero-order valence-corrected chi connectivity index (χ0v) is 14.2. The molecule has 1 saturated heterocycles. The van der Waals surface area contributed by atoms with Gasteiger partial charge in [0.05, 0.1) is 13.2 Å². The molecular weight excluding hydrogens is 320 g/mol. The van der Waals surface area contributed by atoms with Crippen molar-refractivity contribution >= 4 is 5.91 Å².